The lowest BCUT2D eigenvalue weighted by atomic mass is 10.1. The number of rotatable bonds is 2. The Morgan fingerprint density at radius 1 is 1.19 bits per heavy atom. The third kappa shape index (κ3) is 3.21. The summed E-state index contributed by atoms with van der Waals surface area (Å²) in [5, 5.41) is 14.2. The van der Waals surface area contributed by atoms with Gasteiger partial charge in [0, 0.05) is 49.9 Å². The van der Waals surface area contributed by atoms with Crippen molar-refractivity contribution in [1.82, 2.24) is 15.1 Å². The number of nitrogens with one attached hydrogen (secondary N) is 1. The molecule has 2 heterocycles. The first-order valence-electron chi connectivity index (χ1n) is 7.33. The molecule has 2 atom stereocenters. The van der Waals surface area contributed by atoms with E-state index in [1.165, 1.54) is 0 Å². The van der Waals surface area contributed by atoms with Crippen molar-refractivity contribution in [3.05, 3.63) is 34.9 Å². The molecule has 0 radical (unpaired) electrons. The second-order valence-corrected chi connectivity index (χ2v) is 6.07. The van der Waals surface area contributed by atoms with Gasteiger partial charge >= 0.3 is 0 Å². The molecule has 0 saturated carbocycles. The van der Waals surface area contributed by atoms with E-state index in [-0.39, 0.29) is 11.9 Å². The van der Waals surface area contributed by atoms with Crippen LogP contribution in [0.4, 0.5) is 0 Å². The normalized spacial score (nSPS) is 27.0. The van der Waals surface area contributed by atoms with Crippen LogP contribution in [-0.4, -0.2) is 72.2 Å². The number of hydrogen-bond donors (Lipinski definition) is 2. The van der Waals surface area contributed by atoms with Crippen LogP contribution >= 0.6 is 11.6 Å². The van der Waals surface area contributed by atoms with Crippen molar-refractivity contribution in [3.63, 3.8) is 0 Å². The number of nitrogens with zero attached hydrogens (tertiary/aromatic N) is 2. The highest BCUT2D eigenvalue weighted by Crippen LogP contribution is 2.20. The molecule has 3 rings (SSSR count). The standard InChI is InChI=1S/C15H20ClN3O2/c16-12-3-1-11(2-4-12)15(21)19-9-13(14(20)10-19)18-7-5-17-6-8-18/h1-4,13-14,17,20H,5-10H2. The molecule has 5 nitrogen and oxygen atoms in total. The lowest BCUT2D eigenvalue weighted by Crippen LogP contribution is -2.52. The summed E-state index contributed by atoms with van der Waals surface area (Å²) >= 11 is 5.85. The van der Waals surface area contributed by atoms with Crippen molar-refractivity contribution >= 4 is 17.5 Å². The van der Waals surface area contributed by atoms with Crippen molar-refractivity contribution in [2.75, 3.05) is 39.3 Å². The number of likely N-dealkylation sites (tertiary alicyclic amines) is 1. The number of amides is 1. The second-order valence-electron chi connectivity index (χ2n) is 5.64. The van der Waals surface area contributed by atoms with Gasteiger partial charge in [0.1, 0.15) is 0 Å². The van der Waals surface area contributed by atoms with E-state index in [1.807, 2.05) is 0 Å². The fourth-order valence-electron chi connectivity index (χ4n) is 3.08. The largest absolute Gasteiger partial charge is 0.390 e. The van der Waals surface area contributed by atoms with E-state index in [0.29, 0.717) is 23.7 Å². The van der Waals surface area contributed by atoms with Crippen LogP contribution in [-0.2, 0) is 0 Å². The molecule has 6 heteroatoms. The molecule has 1 aromatic rings. The fraction of sp³-hybridized carbons (Fsp3) is 0.533. The molecule has 1 aromatic carbocycles. The van der Waals surface area contributed by atoms with Crippen molar-refractivity contribution in [2.24, 2.45) is 0 Å². The molecule has 2 N–H and O–H groups in total. The van der Waals surface area contributed by atoms with Crippen molar-refractivity contribution < 1.29 is 9.90 Å². The van der Waals surface area contributed by atoms with Crippen LogP contribution in [0.5, 0.6) is 0 Å². The maximum Gasteiger partial charge on any atom is 0.253 e. The Labute approximate surface area is 129 Å². The fourth-order valence-corrected chi connectivity index (χ4v) is 3.21. The Hall–Kier alpha value is -1.14. The maximum absolute atomic E-state index is 12.5. The zero-order valence-electron chi connectivity index (χ0n) is 11.8. The van der Waals surface area contributed by atoms with Crippen LogP contribution in [0.3, 0.4) is 0 Å². The SMILES string of the molecule is O=C(c1ccc(Cl)cc1)N1CC(O)C(N2CCNCC2)C1. The number of carbonyl (C=O) groups excluding carboxylic acids is 1. The number of aliphatic hydroxyl groups is 1. The zero-order valence-corrected chi connectivity index (χ0v) is 12.6. The topological polar surface area (TPSA) is 55.8 Å². The van der Waals surface area contributed by atoms with Crippen LogP contribution in [0.1, 0.15) is 10.4 Å². The molecule has 0 spiro atoms. The summed E-state index contributed by atoms with van der Waals surface area (Å²) in [6.45, 7) is 4.71. The molecule has 2 aliphatic heterocycles. The first kappa shape index (κ1) is 14.8. The van der Waals surface area contributed by atoms with Gasteiger partial charge in [-0.25, -0.2) is 0 Å². The van der Waals surface area contributed by atoms with E-state index in [9.17, 15) is 9.90 Å². The summed E-state index contributed by atoms with van der Waals surface area (Å²) in [4.78, 5) is 16.5. The monoisotopic (exact) mass is 309 g/mol. The summed E-state index contributed by atoms with van der Waals surface area (Å²) in [5.74, 6) is -0.0386. The highest BCUT2D eigenvalue weighted by molar-refractivity contribution is 6.30. The number of piperazine rings is 1. The van der Waals surface area contributed by atoms with E-state index in [1.54, 1.807) is 29.2 Å². The van der Waals surface area contributed by atoms with E-state index in [0.717, 1.165) is 26.2 Å². The number of β-amino-alcohol motifs (C(OH)–C–C–N with tert-alkyl or cyclic N) is 1. The first-order valence-corrected chi connectivity index (χ1v) is 7.70. The smallest absolute Gasteiger partial charge is 0.253 e. The van der Waals surface area contributed by atoms with Crippen LogP contribution < -0.4 is 5.32 Å². The van der Waals surface area contributed by atoms with Gasteiger partial charge in [-0.05, 0) is 24.3 Å². The van der Waals surface area contributed by atoms with Crippen LogP contribution in [0, 0.1) is 0 Å². The van der Waals surface area contributed by atoms with Gasteiger partial charge in [0.25, 0.3) is 5.91 Å². The Morgan fingerprint density at radius 3 is 2.52 bits per heavy atom. The quantitative estimate of drug-likeness (QED) is 0.832. The van der Waals surface area contributed by atoms with Gasteiger partial charge < -0.3 is 15.3 Å². The summed E-state index contributed by atoms with van der Waals surface area (Å²) in [6, 6.07) is 6.94. The van der Waals surface area contributed by atoms with Gasteiger partial charge in [-0.2, -0.15) is 0 Å². The van der Waals surface area contributed by atoms with Gasteiger partial charge in [-0.15, -0.1) is 0 Å². The molecule has 2 fully saturated rings. The lowest BCUT2D eigenvalue weighted by Gasteiger charge is -2.33. The number of hydrogen-bond acceptors (Lipinski definition) is 4. The lowest BCUT2D eigenvalue weighted by molar-refractivity contribution is 0.0738. The van der Waals surface area contributed by atoms with E-state index in [4.69, 9.17) is 11.6 Å². The summed E-state index contributed by atoms with van der Waals surface area (Å²) in [5.41, 5.74) is 0.618. The molecule has 1 amide bonds. The average Bonchev–Trinajstić information content (AvgIpc) is 2.90. The zero-order chi connectivity index (χ0) is 14.8. The molecule has 0 aliphatic carbocycles. The molecular formula is C15H20ClN3O2. The predicted molar refractivity (Wildman–Crippen MR) is 81.6 cm³/mol. The predicted octanol–water partition coefficient (Wildman–Crippen LogP) is 0.430. The van der Waals surface area contributed by atoms with Crippen LogP contribution in [0.15, 0.2) is 24.3 Å². The molecule has 21 heavy (non-hydrogen) atoms. The Balaban J connectivity index is 1.67. The minimum Gasteiger partial charge on any atom is -0.390 e. The third-order valence-corrected chi connectivity index (χ3v) is 4.51. The van der Waals surface area contributed by atoms with Crippen molar-refractivity contribution in [2.45, 2.75) is 12.1 Å². The average molecular weight is 310 g/mol. The van der Waals surface area contributed by atoms with E-state index < -0.39 is 6.10 Å². The number of carbonyl (C=O) groups is 1. The van der Waals surface area contributed by atoms with E-state index >= 15 is 0 Å². The van der Waals surface area contributed by atoms with Crippen LogP contribution in [0.25, 0.3) is 0 Å². The Morgan fingerprint density at radius 2 is 1.86 bits per heavy atom. The van der Waals surface area contributed by atoms with Gasteiger partial charge in [0.05, 0.1) is 12.1 Å². The molecule has 2 aliphatic rings. The molecule has 0 aromatic heterocycles. The van der Waals surface area contributed by atoms with Gasteiger partial charge in [0.2, 0.25) is 0 Å². The summed E-state index contributed by atoms with van der Waals surface area (Å²) < 4.78 is 0. The second kappa shape index (κ2) is 6.32. The molecule has 114 valence electrons. The van der Waals surface area contributed by atoms with Gasteiger partial charge in [-0.1, -0.05) is 11.6 Å². The van der Waals surface area contributed by atoms with Gasteiger partial charge in [-0.3, -0.25) is 9.69 Å². The highest BCUT2D eigenvalue weighted by atomic mass is 35.5. The Bertz CT molecular complexity index is 502. The minimum absolute atomic E-state index is 0.0386. The molecular weight excluding hydrogens is 290 g/mol. The third-order valence-electron chi connectivity index (χ3n) is 4.26. The summed E-state index contributed by atoms with van der Waals surface area (Å²) in [6.07, 6.45) is -0.473. The highest BCUT2D eigenvalue weighted by Gasteiger charge is 2.38. The van der Waals surface area contributed by atoms with Gasteiger partial charge in [0.15, 0.2) is 0 Å². The maximum atomic E-state index is 12.5. The number of aliphatic hydroxyl groups excluding tert-OH is 1. The molecule has 2 saturated heterocycles. The minimum atomic E-state index is -0.473. The molecule has 0 bridgehead atoms. The molecule has 2 unspecified atom stereocenters. The van der Waals surface area contributed by atoms with E-state index in [2.05, 4.69) is 10.2 Å². The van der Waals surface area contributed by atoms with Crippen LogP contribution in [0.2, 0.25) is 5.02 Å². The first-order chi connectivity index (χ1) is 10.1. The van der Waals surface area contributed by atoms with Crippen molar-refractivity contribution in [3.8, 4) is 0 Å². The summed E-state index contributed by atoms with van der Waals surface area (Å²) in [7, 11) is 0. The number of benzene rings is 1. The number of halogens is 1. The Kier molecular flexibility index (Phi) is 4.45. The van der Waals surface area contributed by atoms with Crippen molar-refractivity contribution in [1.29, 1.82) is 0 Å².